The van der Waals surface area contributed by atoms with Gasteiger partial charge in [-0.3, -0.25) is 4.79 Å². The third kappa shape index (κ3) is 3.67. The maximum Gasteiger partial charge on any atom is 0.252 e. The smallest absolute Gasteiger partial charge is 0.252 e. The predicted molar refractivity (Wildman–Crippen MR) is 64.9 cm³/mol. The largest absolute Gasteiger partial charge is 0.494 e. The Balaban J connectivity index is 2.85. The zero-order chi connectivity index (χ0) is 12.8. The quantitative estimate of drug-likeness (QED) is 0.846. The lowest BCUT2D eigenvalue weighted by molar-refractivity contribution is 0.0936. The average Bonchev–Trinajstić information content (AvgIpc) is 2.29. The number of halogens is 2. The van der Waals surface area contributed by atoms with Crippen LogP contribution in [-0.2, 0) is 4.74 Å². The summed E-state index contributed by atoms with van der Waals surface area (Å²) in [6.45, 7) is 0.809. The second-order valence-electron chi connectivity index (χ2n) is 3.22. The van der Waals surface area contributed by atoms with Crippen molar-refractivity contribution in [3.8, 4) is 5.75 Å². The molecular formula is C11H13BrFNO3. The van der Waals surface area contributed by atoms with Gasteiger partial charge in [0.05, 0.1) is 19.3 Å². The molecule has 0 aliphatic carbocycles. The number of amides is 1. The third-order valence-electron chi connectivity index (χ3n) is 2.08. The van der Waals surface area contributed by atoms with E-state index in [4.69, 9.17) is 9.47 Å². The molecule has 0 atom stereocenters. The van der Waals surface area contributed by atoms with E-state index in [1.54, 1.807) is 7.11 Å². The summed E-state index contributed by atoms with van der Waals surface area (Å²) >= 11 is 3.13. The standard InChI is InChI=1S/C11H13BrFNO3/c1-16-4-3-14-11(15)7-5-10(17-2)9(13)6-8(7)12/h5-6H,3-4H2,1-2H3,(H,14,15). The van der Waals surface area contributed by atoms with Crippen LogP contribution in [0, 0.1) is 5.82 Å². The van der Waals surface area contributed by atoms with Crippen molar-refractivity contribution in [2.75, 3.05) is 27.4 Å². The minimum absolute atomic E-state index is 0.0325. The molecular weight excluding hydrogens is 293 g/mol. The van der Waals surface area contributed by atoms with Gasteiger partial charge in [0.15, 0.2) is 11.6 Å². The van der Waals surface area contributed by atoms with Gasteiger partial charge in [-0.15, -0.1) is 0 Å². The molecule has 1 amide bonds. The van der Waals surface area contributed by atoms with Crippen molar-refractivity contribution in [1.82, 2.24) is 5.32 Å². The molecule has 0 fully saturated rings. The number of carbonyl (C=O) groups excluding carboxylic acids is 1. The first kappa shape index (κ1) is 13.9. The van der Waals surface area contributed by atoms with Gasteiger partial charge in [0.25, 0.3) is 5.91 Å². The van der Waals surface area contributed by atoms with Crippen molar-refractivity contribution in [1.29, 1.82) is 0 Å². The molecule has 0 saturated heterocycles. The van der Waals surface area contributed by atoms with Crippen LogP contribution in [0.3, 0.4) is 0 Å². The Labute approximate surface area is 107 Å². The highest BCUT2D eigenvalue weighted by atomic mass is 79.9. The third-order valence-corrected chi connectivity index (χ3v) is 2.73. The molecule has 0 aliphatic rings. The summed E-state index contributed by atoms with van der Waals surface area (Å²) in [6.07, 6.45) is 0. The predicted octanol–water partition coefficient (Wildman–Crippen LogP) is 1.97. The van der Waals surface area contributed by atoms with E-state index in [1.165, 1.54) is 19.2 Å². The number of methoxy groups -OCH3 is 2. The second kappa shape index (κ2) is 6.56. The normalized spacial score (nSPS) is 10.1. The summed E-state index contributed by atoms with van der Waals surface area (Å²) in [5, 5.41) is 2.64. The van der Waals surface area contributed by atoms with Crippen LogP contribution in [0.2, 0.25) is 0 Å². The monoisotopic (exact) mass is 305 g/mol. The first-order valence-electron chi connectivity index (χ1n) is 4.90. The second-order valence-corrected chi connectivity index (χ2v) is 4.07. The molecule has 4 nitrogen and oxygen atoms in total. The minimum Gasteiger partial charge on any atom is -0.494 e. The van der Waals surface area contributed by atoms with E-state index in [0.717, 1.165) is 0 Å². The van der Waals surface area contributed by atoms with Gasteiger partial charge < -0.3 is 14.8 Å². The molecule has 0 aromatic heterocycles. The molecule has 0 radical (unpaired) electrons. The van der Waals surface area contributed by atoms with Crippen LogP contribution in [0.4, 0.5) is 4.39 Å². The van der Waals surface area contributed by atoms with Crippen molar-refractivity contribution in [2.24, 2.45) is 0 Å². The van der Waals surface area contributed by atoms with Gasteiger partial charge in [-0.2, -0.15) is 0 Å². The van der Waals surface area contributed by atoms with Gasteiger partial charge in [-0.05, 0) is 28.1 Å². The maximum atomic E-state index is 13.3. The number of nitrogens with one attached hydrogen (secondary N) is 1. The van der Waals surface area contributed by atoms with Gasteiger partial charge in [0.2, 0.25) is 0 Å². The van der Waals surface area contributed by atoms with Crippen LogP contribution in [0.5, 0.6) is 5.75 Å². The van der Waals surface area contributed by atoms with Crippen molar-refractivity contribution in [2.45, 2.75) is 0 Å². The molecule has 94 valence electrons. The number of hydrogen-bond acceptors (Lipinski definition) is 3. The summed E-state index contributed by atoms with van der Waals surface area (Å²) < 4.78 is 23.3. The van der Waals surface area contributed by atoms with E-state index in [9.17, 15) is 9.18 Å². The van der Waals surface area contributed by atoms with Gasteiger partial charge in [-0.25, -0.2) is 4.39 Å². The van der Waals surface area contributed by atoms with Gasteiger partial charge in [0, 0.05) is 18.1 Å². The molecule has 0 bridgehead atoms. The first-order chi connectivity index (χ1) is 8.10. The summed E-state index contributed by atoms with van der Waals surface area (Å²) in [6, 6.07) is 2.55. The van der Waals surface area contributed by atoms with E-state index < -0.39 is 5.82 Å². The molecule has 1 aromatic rings. The molecule has 17 heavy (non-hydrogen) atoms. The SMILES string of the molecule is COCCNC(=O)c1cc(OC)c(F)cc1Br. The lowest BCUT2D eigenvalue weighted by Crippen LogP contribution is -2.27. The fraction of sp³-hybridized carbons (Fsp3) is 0.364. The minimum atomic E-state index is -0.521. The van der Waals surface area contributed by atoms with Crippen LogP contribution in [0.1, 0.15) is 10.4 Å². The molecule has 0 heterocycles. The lowest BCUT2D eigenvalue weighted by atomic mass is 10.2. The van der Waals surface area contributed by atoms with Gasteiger partial charge in [0.1, 0.15) is 0 Å². The van der Waals surface area contributed by atoms with Crippen LogP contribution in [0.25, 0.3) is 0 Å². The van der Waals surface area contributed by atoms with Crippen molar-refractivity contribution in [3.63, 3.8) is 0 Å². The number of ether oxygens (including phenoxy) is 2. The summed E-state index contributed by atoms with van der Waals surface area (Å²) in [5.74, 6) is -0.801. The fourth-order valence-electron chi connectivity index (χ4n) is 1.22. The summed E-state index contributed by atoms with van der Waals surface area (Å²) in [5.41, 5.74) is 0.319. The number of benzene rings is 1. The Kier molecular flexibility index (Phi) is 5.37. The van der Waals surface area contributed by atoms with Crippen molar-refractivity contribution >= 4 is 21.8 Å². The van der Waals surface area contributed by atoms with E-state index in [-0.39, 0.29) is 11.7 Å². The molecule has 0 unspecified atom stereocenters. The van der Waals surface area contributed by atoms with Crippen LogP contribution in [0.15, 0.2) is 16.6 Å². The van der Waals surface area contributed by atoms with Gasteiger partial charge in [-0.1, -0.05) is 0 Å². The molecule has 1 aromatic carbocycles. The summed E-state index contributed by atoms with van der Waals surface area (Å²) in [7, 11) is 2.89. The van der Waals surface area contributed by atoms with Crippen LogP contribution < -0.4 is 10.1 Å². The zero-order valence-corrected chi connectivity index (χ0v) is 11.1. The van der Waals surface area contributed by atoms with Crippen molar-refractivity contribution in [3.05, 3.63) is 28.0 Å². The van der Waals surface area contributed by atoms with E-state index >= 15 is 0 Å². The van der Waals surface area contributed by atoms with Crippen LogP contribution >= 0.6 is 15.9 Å². The van der Waals surface area contributed by atoms with E-state index in [1.807, 2.05) is 0 Å². The molecule has 0 spiro atoms. The molecule has 6 heteroatoms. The van der Waals surface area contributed by atoms with Gasteiger partial charge >= 0.3 is 0 Å². The Hall–Kier alpha value is -1.14. The Morgan fingerprint density at radius 2 is 2.18 bits per heavy atom. The Morgan fingerprint density at radius 3 is 2.76 bits per heavy atom. The fourth-order valence-corrected chi connectivity index (χ4v) is 1.72. The van der Waals surface area contributed by atoms with E-state index in [0.29, 0.717) is 23.2 Å². The molecule has 1 N–H and O–H groups in total. The number of carbonyl (C=O) groups is 1. The Bertz CT molecular complexity index is 412. The molecule has 0 saturated carbocycles. The Morgan fingerprint density at radius 1 is 1.47 bits per heavy atom. The zero-order valence-electron chi connectivity index (χ0n) is 9.55. The average molecular weight is 306 g/mol. The molecule has 0 aliphatic heterocycles. The van der Waals surface area contributed by atoms with Crippen LogP contribution in [-0.4, -0.2) is 33.3 Å². The van der Waals surface area contributed by atoms with Crippen molar-refractivity contribution < 1.29 is 18.7 Å². The van der Waals surface area contributed by atoms with E-state index in [2.05, 4.69) is 21.2 Å². The first-order valence-corrected chi connectivity index (χ1v) is 5.69. The highest BCUT2D eigenvalue weighted by molar-refractivity contribution is 9.10. The number of hydrogen-bond donors (Lipinski definition) is 1. The topological polar surface area (TPSA) is 47.6 Å². The highest BCUT2D eigenvalue weighted by Gasteiger charge is 2.14. The summed E-state index contributed by atoms with van der Waals surface area (Å²) in [4.78, 5) is 11.7. The highest BCUT2D eigenvalue weighted by Crippen LogP contribution is 2.25. The lowest BCUT2D eigenvalue weighted by Gasteiger charge is -2.09. The maximum absolute atomic E-state index is 13.3. The molecule has 1 rings (SSSR count). The number of rotatable bonds is 5.